The number of aryl methyl sites for hydroxylation is 5. The summed E-state index contributed by atoms with van der Waals surface area (Å²) in [4.78, 5) is 19.1. The Morgan fingerprint density at radius 2 is 0.846 bits per heavy atom. The Labute approximate surface area is 531 Å². The van der Waals surface area contributed by atoms with Crippen LogP contribution in [-0.4, -0.2) is 52.7 Å². The highest BCUT2D eigenvalue weighted by Crippen LogP contribution is 2.29. The summed E-state index contributed by atoms with van der Waals surface area (Å²) in [7, 11) is -7.35. The number of benzene rings is 12. The van der Waals surface area contributed by atoms with Crippen molar-refractivity contribution in [3.63, 3.8) is 0 Å². The highest BCUT2D eigenvalue weighted by atomic mass is 32.2. The average molecular weight is 1240 g/mol. The van der Waals surface area contributed by atoms with Crippen molar-refractivity contribution in [1.82, 2.24) is 10.3 Å². The Morgan fingerprint density at radius 1 is 0.440 bits per heavy atom. The Hall–Kier alpha value is -11.1. The summed E-state index contributed by atoms with van der Waals surface area (Å²) in [5.74, 6) is -0.0127. The first kappa shape index (κ1) is 64.3. The van der Waals surface area contributed by atoms with E-state index in [0.29, 0.717) is 16.8 Å². The van der Waals surface area contributed by atoms with Crippen LogP contribution in [0, 0.1) is 34.6 Å². The average Bonchev–Trinajstić information content (AvgIpc) is 1.93. The molecule has 0 aromatic heterocycles. The van der Waals surface area contributed by atoms with E-state index in [0.717, 1.165) is 98.8 Å². The van der Waals surface area contributed by atoms with Crippen LogP contribution < -0.4 is 16.0 Å². The molecule has 12 rings (SSSR count). The zero-order chi connectivity index (χ0) is 64.5. The van der Waals surface area contributed by atoms with Crippen molar-refractivity contribution in [3.05, 3.63) is 316 Å². The first-order valence-electron chi connectivity index (χ1n) is 29.0. The van der Waals surface area contributed by atoms with Gasteiger partial charge in [-0.05, 0) is 143 Å². The normalized spacial score (nSPS) is 11.5. The third kappa shape index (κ3) is 16.5. The summed E-state index contributed by atoms with van der Waals surface area (Å²) >= 11 is 0. The van der Waals surface area contributed by atoms with Crippen molar-refractivity contribution in [2.24, 2.45) is 25.3 Å². The van der Waals surface area contributed by atoms with E-state index >= 15 is 0 Å². The standard InChI is InChI=1S/C19H18N2O2S.2C19H16N2O.C19H17NO2S/c1-14-7-11-17(12-8-14)24(22,23)21-20-13-19-15(2)9-10-16-5-3-4-6-18(16)19;1-13(20)15-7-4-5-9-18(15)21-12-17-16-8-3-2-6-14(16)10-11-19(17)22;1-14-11-12-15-7-5-6-10-17(15)18(14)13-20-21-19(22)16-8-3-2-4-9-16;1-14-7-11-17(12-8-14)23(21,22)20-13-19-15(2)9-10-16-5-3-4-6-18(16)19/h3-13,21H,1-2H3;2-12,22H,1,20H2;2-13H,1H3,(H,21,22);3-13H,1-2H3/b20-13+;;20-13+;. The van der Waals surface area contributed by atoms with Gasteiger partial charge in [-0.3, -0.25) is 9.79 Å². The molecule has 0 bridgehead atoms. The van der Waals surface area contributed by atoms with Gasteiger partial charge >= 0.3 is 0 Å². The third-order valence-electron chi connectivity index (χ3n) is 14.8. The maximum absolute atomic E-state index is 12.4. The van der Waals surface area contributed by atoms with Crippen LogP contribution in [0.3, 0.4) is 0 Å². The van der Waals surface area contributed by atoms with Gasteiger partial charge in [0.1, 0.15) is 5.75 Å². The number of hydrogen-bond acceptors (Lipinski definition) is 10. The van der Waals surface area contributed by atoms with E-state index in [1.165, 1.54) is 6.21 Å². The summed E-state index contributed by atoms with van der Waals surface area (Å²) in [6.45, 7) is 13.5. The lowest BCUT2D eigenvalue weighted by Gasteiger charge is -2.07. The lowest BCUT2D eigenvalue weighted by molar-refractivity contribution is 0.0955. The maximum atomic E-state index is 12.4. The molecule has 0 saturated heterocycles. The molecule has 1 amide bonds. The first-order valence-corrected chi connectivity index (χ1v) is 31.9. The number of phenolic OH excluding ortho intramolecular Hbond substituents is 1. The van der Waals surface area contributed by atoms with E-state index in [4.69, 9.17) is 5.73 Å². The van der Waals surface area contributed by atoms with Crippen molar-refractivity contribution < 1.29 is 26.7 Å². The molecule has 0 saturated carbocycles. The van der Waals surface area contributed by atoms with E-state index in [2.05, 4.69) is 60.7 Å². The highest BCUT2D eigenvalue weighted by molar-refractivity contribution is 7.90. The molecule has 5 N–H and O–H groups in total. The summed E-state index contributed by atoms with van der Waals surface area (Å²) in [5, 5.41) is 26.7. The van der Waals surface area contributed by atoms with Crippen LogP contribution in [0.25, 0.3) is 48.8 Å². The predicted molar refractivity (Wildman–Crippen MR) is 375 cm³/mol. The SMILES string of the molecule is C=C(N)c1ccccc1N=Cc1c(O)ccc2ccccc12.Cc1ccc(S(=O)(=O)N/N=C/c2c(C)ccc3ccccc23)cc1.Cc1ccc(S(=O)(=O)N=Cc2c(C)ccc3ccccc23)cc1.Cc1ccc2ccccc2c1/C=N/NC(=O)c1ccccc1. The zero-order valence-electron chi connectivity index (χ0n) is 50.9. The van der Waals surface area contributed by atoms with Gasteiger partial charge in [0.25, 0.3) is 26.0 Å². The van der Waals surface area contributed by atoms with Crippen LogP contribution in [0.5, 0.6) is 5.75 Å². The number of hydrazone groups is 2. The molecule has 0 heterocycles. The molecule has 0 aliphatic heterocycles. The van der Waals surface area contributed by atoms with Crippen LogP contribution in [0.4, 0.5) is 5.69 Å². The zero-order valence-corrected chi connectivity index (χ0v) is 52.5. The fourth-order valence-corrected chi connectivity index (χ4v) is 11.4. The minimum absolute atomic E-state index is 0.194. The number of amides is 1. The maximum Gasteiger partial charge on any atom is 0.282 e. The van der Waals surface area contributed by atoms with Gasteiger partial charge < -0.3 is 10.8 Å². The number of sulfonamides is 2. The van der Waals surface area contributed by atoms with Gasteiger partial charge in [0.2, 0.25) is 0 Å². The molecule has 454 valence electrons. The van der Waals surface area contributed by atoms with Crippen molar-refractivity contribution in [3.8, 4) is 5.75 Å². The predicted octanol–water partition coefficient (Wildman–Crippen LogP) is 16.2. The highest BCUT2D eigenvalue weighted by Gasteiger charge is 2.15. The number of hydrogen-bond donors (Lipinski definition) is 4. The Morgan fingerprint density at radius 3 is 1.34 bits per heavy atom. The smallest absolute Gasteiger partial charge is 0.282 e. The van der Waals surface area contributed by atoms with Gasteiger partial charge in [0.05, 0.1) is 27.9 Å². The second-order valence-corrected chi connectivity index (χ2v) is 24.6. The van der Waals surface area contributed by atoms with Crippen LogP contribution in [0.1, 0.15) is 66.0 Å². The van der Waals surface area contributed by atoms with Gasteiger partial charge in [-0.15, -0.1) is 0 Å². The summed E-state index contributed by atoms with van der Waals surface area (Å²) in [6.07, 6.45) is 6.38. The minimum atomic E-state index is -3.69. The number of carbonyl (C=O) groups is 1. The van der Waals surface area contributed by atoms with Crippen LogP contribution in [0.2, 0.25) is 0 Å². The largest absolute Gasteiger partial charge is 0.507 e. The van der Waals surface area contributed by atoms with Gasteiger partial charge in [0.15, 0.2) is 0 Å². The van der Waals surface area contributed by atoms with Crippen molar-refractivity contribution in [2.75, 3.05) is 0 Å². The molecule has 0 fully saturated rings. The van der Waals surface area contributed by atoms with Crippen molar-refractivity contribution in [2.45, 2.75) is 44.4 Å². The number of aromatic hydroxyl groups is 1. The number of carbonyl (C=O) groups excluding carboxylic acids is 1. The number of aliphatic imine (C=N–C) groups is 1. The molecule has 15 heteroatoms. The quantitative estimate of drug-likeness (QED) is 0.0648. The topological polar surface area (TPSA) is 205 Å². The first-order chi connectivity index (χ1) is 43.9. The molecule has 91 heavy (non-hydrogen) atoms. The Bertz CT molecular complexity index is 4970. The third-order valence-corrected chi connectivity index (χ3v) is 17.3. The Balaban J connectivity index is 0.000000144. The number of para-hydroxylation sites is 1. The molecule has 0 aliphatic rings. The molecule has 12 aromatic carbocycles. The molecule has 0 unspecified atom stereocenters. The minimum Gasteiger partial charge on any atom is -0.507 e. The number of nitrogens with two attached hydrogens (primary N) is 1. The fraction of sp³-hybridized carbons (Fsp3) is 0.0658. The van der Waals surface area contributed by atoms with E-state index in [9.17, 15) is 26.7 Å². The van der Waals surface area contributed by atoms with Gasteiger partial charge in [-0.1, -0.05) is 218 Å². The van der Waals surface area contributed by atoms with E-state index in [1.54, 1.807) is 85.4 Å². The molecular weight excluding hydrogens is 1170 g/mol. The Kier molecular flexibility index (Phi) is 21.0. The van der Waals surface area contributed by atoms with Gasteiger partial charge in [-0.25, -0.2) is 10.3 Å². The number of rotatable bonds is 13. The van der Waals surface area contributed by atoms with Crippen molar-refractivity contribution >= 4 is 105 Å². The molecular formula is C76H67N7O6S2. The molecule has 13 nitrogen and oxygen atoms in total. The molecule has 0 spiro atoms. The molecule has 0 aliphatic carbocycles. The molecule has 0 radical (unpaired) electrons. The van der Waals surface area contributed by atoms with Gasteiger partial charge in [-0.2, -0.15) is 31.4 Å². The molecule has 0 atom stereocenters. The van der Waals surface area contributed by atoms with Crippen LogP contribution in [-0.2, 0) is 20.0 Å². The number of nitrogens with one attached hydrogen (secondary N) is 2. The van der Waals surface area contributed by atoms with E-state index in [1.807, 2.05) is 192 Å². The summed E-state index contributed by atoms with van der Waals surface area (Å²) < 4.78 is 53.1. The lowest BCUT2D eigenvalue weighted by Crippen LogP contribution is -2.18. The van der Waals surface area contributed by atoms with E-state index < -0.39 is 20.0 Å². The van der Waals surface area contributed by atoms with Crippen LogP contribution >= 0.6 is 0 Å². The number of phenols is 1. The van der Waals surface area contributed by atoms with Crippen molar-refractivity contribution in [1.29, 1.82) is 0 Å². The second kappa shape index (κ2) is 29.7. The van der Waals surface area contributed by atoms with E-state index in [-0.39, 0.29) is 21.4 Å². The number of fused-ring (bicyclic) bond motifs is 4. The van der Waals surface area contributed by atoms with Gasteiger partial charge in [0, 0.05) is 51.5 Å². The van der Waals surface area contributed by atoms with Crippen LogP contribution in [0.15, 0.2) is 285 Å². The summed E-state index contributed by atoms with van der Waals surface area (Å²) in [6, 6.07) is 77.5. The lowest BCUT2D eigenvalue weighted by atomic mass is 10.0. The number of nitrogens with zero attached hydrogens (tertiary/aromatic N) is 4. The molecule has 12 aromatic rings. The fourth-order valence-electron chi connectivity index (χ4n) is 9.77. The monoisotopic (exact) mass is 1240 g/mol. The second-order valence-electron chi connectivity index (χ2n) is 21.3. The summed E-state index contributed by atoms with van der Waals surface area (Å²) in [5.41, 5.74) is 19.5.